The van der Waals surface area contributed by atoms with E-state index in [4.69, 9.17) is 0 Å². The van der Waals surface area contributed by atoms with Gasteiger partial charge in [-0.25, -0.2) is 10.1 Å². The second-order valence-corrected chi connectivity index (χ2v) is 6.15. The van der Waals surface area contributed by atoms with Crippen LogP contribution in [0.2, 0.25) is 0 Å². The average molecular weight is 409 g/mol. The van der Waals surface area contributed by atoms with Crippen LogP contribution < -0.4 is 5.43 Å². The summed E-state index contributed by atoms with van der Waals surface area (Å²) in [6, 6.07) is 11.0. The smallest absolute Gasteiger partial charge is 0.267 e. The molecule has 12 heteroatoms. The summed E-state index contributed by atoms with van der Waals surface area (Å²) in [4.78, 5) is 32.8. The lowest BCUT2D eigenvalue weighted by atomic mass is 10.2. The molecule has 0 atom stereocenters. The zero-order valence-corrected chi connectivity index (χ0v) is 15.8. The molecule has 0 radical (unpaired) electrons. The van der Waals surface area contributed by atoms with E-state index in [2.05, 4.69) is 20.8 Å². The standard InChI is InChI=1S/C18H15N7O5/c1-11(19-21-18(26)13-6-8-14(9-7-13)24(27)28)17-12(2)23(22-20-17)15-4-3-5-16(10-15)25(29)30/h3-10H,1-2H3,(H,21,26). The third kappa shape index (κ3) is 4.16. The van der Waals surface area contributed by atoms with Gasteiger partial charge in [-0.3, -0.25) is 25.0 Å². The van der Waals surface area contributed by atoms with E-state index >= 15 is 0 Å². The Kier molecular flexibility index (Phi) is 5.58. The third-order valence-corrected chi connectivity index (χ3v) is 4.19. The Hall–Kier alpha value is -4.48. The van der Waals surface area contributed by atoms with Crippen LogP contribution in [0, 0.1) is 27.2 Å². The van der Waals surface area contributed by atoms with E-state index in [1.807, 2.05) is 0 Å². The molecule has 152 valence electrons. The number of hydrogen-bond acceptors (Lipinski definition) is 8. The van der Waals surface area contributed by atoms with E-state index in [1.165, 1.54) is 41.1 Å². The van der Waals surface area contributed by atoms with Crippen LogP contribution in [-0.4, -0.2) is 36.5 Å². The summed E-state index contributed by atoms with van der Waals surface area (Å²) in [6.07, 6.45) is 0. The lowest BCUT2D eigenvalue weighted by Gasteiger charge is -2.04. The molecule has 0 bridgehead atoms. The molecule has 1 aromatic heterocycles. The molecule has 0 spiro atoms. The van der Waals surface area contributed by atoms with Gasteiger partial charge in [0.1, 0.15) is 5.69 Å². The Labute approximate surface area is 169 Å². The van der Waals surface area contributed by atoms with Crippen molar-refractivity contribution in [2.75, 3.05) is 0 Å². The number of nitrogens with zero attached hydrogens (tertiary/aromatic N) is 6. The van der Waals surface area contributed by atoms with Crippen molar-refractivity contribution in [3.63, 3.8) is 0 Å². The maximum atomic E-state index is 12.2. The molecule has 0 aliphatic carbocycles. The molecule has 12 nitrogen and oxygen atoms in total. The molecule has 0 aliphatic heterocycles. The number of carbonyl (C=O) groups excluding carboxylic acids is 1. The molecule has 2 aromatic carbocycles. The molecule has 3 rings (SSSR count). The number of hydrazone groups is 1. The van der Waals surface area contributed by atoms with Crippen LogP contribution in [-0.2, 0) is 0 Å². The highest BCUT2D eigenvalue weighted by Gasteiger charge is 2.16. The Morgan fingerprint density at radius 2 is 1.73 bits per heavy atom. The summed E-state index contributed by atoms with van der Waals surface area (Å²) < 4.78 is 1.43. The predicted molar refractivity (Wildman–Crippen MR) is 106 cm³/mol. The fraction of sp³-hybridized carbons (Fsp3) is 0.111. The number of aromatic nitrogens is 3. The monoisotopic (exact) mass is 409 g/mol. The Balaban J connectivity index is 1.78. The van der Waals surface area contributed by atoms with Gasteiger partial charge in [0.05, 0.1) is 26.9 Å². The van der Waals surface area contributed by atoms with Crippen molar-refractivity contribution in [3.05, 3.63) is 85.7 Å². The highest BCUT2D eigenvalue weighted by atomic mass is 16.6. The van der Waals surface area contributed by atoms with Crippen molar-refractivity contribution in [3.8, 4) is 5.69 Å². The van der Waals surface area contributed by atoms with Gasteiger partial charge < -0.3 is 0 Å². The molecule has 0 aliphatic rings. The first-order valence-electron chi connectivity index (χ1n) is 8.54. The number of nitro groups is 2. The number of nitrogens with one attached hydrogen (secondary N) is 1. The number of nitro benzene ring substituents is 2. The zero-order valence-electron chi connectivity index (χ0n) is 15.8. The van der Waals surface area contributed by atoms with Gasteiger partial charge in [0.2, 0.25) is 0 Å². The van der Waals surface area contributed by atoms with Crippen LogP contribution in [0.3, 0.4) is 0 Å². The van der Waals surface area contributed by atoms with Crippen LogP contribution in [0.15, 0.2) is 53.6 Å². The normalized spacial score (nSPS) is 11.2. The molecule has 30 heavy (non-hydrogen) atoms. The third-order valence-electron chi connectivity index (χ3n) is 4.19. The largest absolute Gasteiger partial charge is 0.271 e. The minimum Gasteiger partial charge on any atom is -0.267 e. The minimum absolute atomic E-state index is 0.0790. The van der Waals surface area contributed by atoms with E-state index in [1.54, 1.807) is 26.0 Å². The highest BCUT2D eigenvalue weighted by Crippen LogP contribution is 2.18. The number of non-ortho nitro benzene ring substituents is 2. The Bertz CT molecular complexity index is 1170. The van der Waals surface area contributed by atoms with Crippen molar-refractivity contribution < 1.29 is 14.6 Å². The molecule has 1 heterocycles. The SMILES string of the molecule is CC(=NNC(=O)c1ccc([N+](=O)[O-])cc1)c1nnn(-c2cccc([N+](=O)[O-])c2)c1C. The first-order chi connectivity index (χ1) is 14.3. The van der Waals surface area contributed by atoms with Gasteiger partial charge >= 0.3 is 0 Å². The summed E-state index contributed by atoms with van der Waals surface area (Å²) in [7, 11) is 0. The highest BCUT2D eigenvalue weighted by molar-refractivity contribution is 6.00. The molecule has 0 unspecified atom stereocenters. The molecule has 3 aromatic rings. The van der Waals surface area contributed by atoms with Gasteiger partial charge in [-0.1, -0.05) is 11.3 Å². The lowest BCUT2D eigenvalue weighted by Crippen LogP contribution is -2.19. The Morgan fingerprint density at radius 3 is 2.37 bits per heavy atom. The van der Waals surface area contributed by atoms with E-state index < -0.39 is 15.8 Å². The fourth-order valence-corrected chi connectivity index (χ4v) is 2.63. The molecular formula is C18H15N7O5. The maximum absolute atomic E-state index is 12.2. The molecular weight excluding hydrogens is 394 g/mol. The predicted octanol–water partition coefficient (Wildman–Crippen LogP) is 2.55. The van der Waals surface area contributed by atoms with Crippen LogP contribution >= 0.6 is 0 Å². The quantitative estimate of drug-likeness (QED) is 0.372. The first kappa shape index (κ1) is 20.3. The zero-order chi connectivity index (χ0) is 21.8. The number of hydrogen-bond donors (Lipinski definition) is 1. The number of amides is 1. The van der Waals surface area contributed by atoms with Gasteiger partial charge in [-0.2, -0.15) is 5.10 Å². The minimum atomic E-state index is -0.558. The fourth-order valence-electron chi connectivity index (χ4n) is 2.63. The first-order valence-corrected chi connectivity index (χ1v) is 8.54. The molecule has 0 saturated heterocycles. The van der Waals surface area contributed by atoms with E-state index in [0.29, 0.717) is 22.8 Å². The average Bonchev–Trinajstić information content (AvgIpc) is 3.13. The van der Waals surface area contributed by atoms with E-state index in [0.717, 1.165) is 0 Å². The van der Waals surface area contributed by atoms with Crippen molar-refractivity contribution >= 4 is 23.0 Å². The molecule has 1 N–H and O–H groups in total. The van der Waals surface area contributed by atoms with E-state index in [-0.39, 0.29) is 16.9 Å². The van der Waals surface area contributed by atoms with Crippen molar-refractivity contribution in [2.24, 2.45) is 5.10 Å². The van der Waals surface area contributed by atoms with Gasteiger partial charge in [0.25, 0.3) is 17.3 Å². The second-order valence-electron chi connectivity index (χ2n) is 6.15. The topological polar surface area (TPSA) is 158 Å². The lowest BCUT2D eigenvalue weighted by molar-refractivity contribution is -0.385. The molecule has 0 saturated carbocycles. The second kappa shape index (κ2) is 8.26. The Morgan fingerprint density at radius 1 is 1.07 bits per heavy atom. The summed E-state index contributed by atoms with van der Waals surface area (Å²) in [6.45, 7) is 3.33. The van der Waals surface area contributed by atoms with Gasteiger partial charge in [-0.15, -0.1) is 5.10 Å². The van der Waals surface area contributed by atoms with Gasteiger partial charge in [0.15, 0.2) is 0 Å². The van der Waals surface area contributed by atoms with Crippen LogP contribution in [0.5, 0.6) is 0 Å². The number of rotatable bonds is 6. The number of benzene rings is 2. The molecule has 1 amide bonds. The van der Waals surface area contributed by atoms with Crippen LogP contribution in [0.4, 0.5) is 11.4 Å². The number of carbonyl (C=O) groups is 1. The van der Waals surface area contributed by atoms with Crippen molar-refractivity contribution in [1.82, 2.24) is 20.4 Å². The molecule has 0 fully saturated rings. The van der Waals surface area contributed by atoms with Crippen LogP contribution in [0.1, 0.15) is 28.7 Å². The van der Waals surface area contributed by atoms with Gasteiger partial charge in [-0.05, 0) is 32.0 Å². The summed E-state index contributed by atoms with van der Waals surface area (Å²) in [5.74, 6) is -0.548. The summed E-state index contributed by atoms with van der Waals surface area (Å²) in [5.41, 5.74) is 4.14. The van der Waals surface area contributed by atoms with Crippen molar-refractivity contribution in [2.45, 2.75) is 13.8 Å². The van der Waals surface area contributed by atoms with Crippen molar-refractivity contribution in [1.29, 1.82) is 0 Å². The van der Waals surface area contributed by atoms with Gasteiger partial charge in [0, 0.05) is 29.8 Å². The maximum Gasteiger partial charge on any atom is 0.271 e. The van der Waals surface area contributed by atoms with E-state index in [9.17, 15) is 25.0 Å². The summed E-state index contributed by atoms with van der Waals surface area (Å²) in [5, 5.41) is 33.7. The van der Waals surface area contributed by atoms with Crippen LogP contribution in [0.25, 0.3) is 5.69 Å². The summed E-state index contributed by atoms with van der Waals surface area (Å²) >= 11 is 0.